The third-order valence-corrected chi connectivity index (χ3v) is 4.97. The molecular formula is C16H17ClN4OS. The Morgan fingerprint density at radius 2 is 2.09 bits per heavy atom. The summed E-state index contributed by atoms with van der Waals surface area (Å²) in [6.45, 7) is 7.58. The Bertz CT molecular complexity index is 858. The molecule has 3 rings (SSSR count). The van der Waals surface area contributed by atoms with E-state index in [-0.39, 0.29) is 11.8 Å². The van der Waals surface area contributed by atoms with Crippen LogP contribution in [-0.2, 0) is 4.79 Å². The number of hydrogen-bond acceptors (Lipinski definition) is 4. The highest BCUT2D eigenvalue weighted by Gasteiger charge is 2.17. The van der Waals surface area contributed by atoms with Gasteiger partial charge in [-0.15, -0.1) is 0 Å². The molecule has 1 aromatic carbocycles. The van der Waals surface area contributed by atoms with Gasteiger partial charge in [0.05, 0.1) is 20.9 Å². The molecule has 0 atom stereocenters. The van der Waals surface area contributed by atoms with Gasteiger partial charge in [0.25, 0.3) is 0 Å². The summed E-state index contributed by atoms with van der Waals surface area (Å²) in [5.41, 5.74) is 2.74. The molecule has 0 aliphatic carbocycles. The first-order valence-corrected chi connectivity index (χ1v) is 8.50. The van der Waals surface area contributed by atoms with Gasteiger partial charge in [-0.05, 0) is 25.5 Å². The van der Waals surface area contributed by atoms with Gasteiger partial charge in [-0.25, -0.2) is 4.98 Å². The van der Waals surface area contributed by atoms with Crippen molar-refractivity contribution in [3.63, 3.8) is 0 Å². The van der Waals surface area contributed by atoms with Gasteiger partial charge >= 0.3 is 0 Å². The molecule has 7 heteroatoms. The standard InChI is InChI=1S/C16H17ClN4OS/c1-8(2)15(22)18-12-7-10(4)20-21(12)16-19-13-9(3)5-6-11(17)14(13)23-16/h5-8H,1-4H3,(H,18,22). The summed E-state index contributed by atoms with van der Waals surface area (Å²) in [7, 11) is 0. The van der Waals surface area contributed by atoms with Gasteiger partial charge in [-0.3, -0.25) is 4.79 Å². The van der Waals surface area contributed by atoms with Crippen LogP contribution in [0.5, 0.6) is 0 Å². The lowest BCUT2D eigenvalue weighted by atomic mass is 10.2. The van der Waals surface area contributed by atoms with E-state index in [2.05, 4.69) is 15.4 Å². The highest BCUT2D eigenvalue weighted by molar-refractivity contribution is 7.21. The quantitative estimate of drug-likeness (QED) is 0.765. The minimum atomic E-state index is -0.106. The maximum Gasteiger partial charge on any atom is 0.228 e. The Labute approximate surface area is 143 Å². The van der Waals surface area contributed by atoms with Crippen molar-refractivity contribution >= 4 is 44.9 Å². The molecule has 0 spiro atoms. The topological polar surface area (TPSA) is 59.8 Å². The summed E-state index contributed by atoms with van der Waals surface area (Å²) >= 11 is 7.73. The van der Waals surface area contributed by atoms with Crippen molar-refractivity contribution in [2.45, 2.75) is 27.7 Å². The summed E-state index contributed by atoms with van der Waals surface area (Å²) in [4.78, 5) is 16.6. The fourth-order valence-corrected chi connectivity index (χ4v) is 3.47. The van der Waals surface area contributed by atoms with E-state index < -0.39 is 0 Å². The molecule has 2 heterocycles. The van der Waals surface area contributed by atoms with Crippen molar-refractivity contribution in [3.8, 4) is 5.13 Å². The Morgan fingerprint density at radius 3 is 2.74 bits per heavy atom. The minimum Gasteiger partial charge on any atom is -0.310 e. The number of rotatable bonds is 3. The first-order chi connectivity index (χ1) is 10.9. The van der Waals surface area contributed by atoms with Crippen molar-refractivity contribution in [2.75, 3.05) is 5.32 Å². The predicted octanol–water partition coefficient (Wildman–Crippen LogP) is 4.35. The fourth-order valence-electron chi connectivity index (χ4n) is 2.19. The summed E-state index contributed by atoms with van der Waals surface area (Å²) in [6, 6.07) is 5.65. The third-order valence-electron chi connectivity index (χ3n) is 3.47. The van der Waals surface area contributed by atoms with Gasteiger partial charge in [0.2, 0.25) is 11.0 Å². The Kier molecular flexibility index (Phi) is 4.12. The smallest absolute Gasteiger partial charge is 0.228 e. The Morgan fingerprint density at radius 1 is 1.35 bits per heavy atom. The number of carbonyl (C=O) groups is 1. The van der Waals surface area contributed by atoms with E-state index in [4.69, 9.17) is 11.6 Å². The summed E-state index contributed by atoms with van der Waals surface area (Å²) in [5, 5.41) is 8.71. The van der Waals surface area contributed by atoms with Crippen LogP contribution in [0.4, 0.5) is 5.82 Å². The number of amides is 1. The van der Waals surface area contributed by atoms with Gasteiger partial charge < -0.3 is 5.32 Å². The lowest BCUT2D eigenvalue weighted by Gasteiger charge is -2.08. The van der Waals surface area contributed by atoms with E-state index in [1.54, 1.807) is 4.68 Å². The zero-order chi connectivity index (χ0) is 16.7. The van der Waals surface area contributed by atoms with Crippen LogP contribution < -0.4 is 5.32 Å². The molecule has 0 aliphatic rings. The van der Waals surface area contributed by atoms with Crippen molar-refractivity contribution in [2.24, 2.45) is 5.92 Å². The zero-order valence-electron chi connectivity index (χ0n) is 13.3. The highest BCUT2D eigenvalue weighted by Crippen LogP contribution is 2.34. The number of fused-ring (bicyclic) bond motifs is 1. The average Bonchev–Trinajstić information content (AvgIpc) is 3.07. The number of nitrogens with zero attached hydrogens (tertiary/aromatic N) is 3. The van der Waals surface area contributed by atoms with E-state index in [0.717, 1.165) is 21.5 Å². The number of anilines is 1. The van der Waals surface area contributed by atoms with E-state index in [9.17, 15) is 4.79 Å². The molecule has 0 saturated carbocycles. The average molecular weight is 349 g/mol. The largest absolute Gasteiger partial charge is 0.310 e. The fraction of sp³-hybridized carbons (Fsp3) is 0.312. The molecule has 0 saturated heterocycles. The van der Waals surface area contributed by atoms with Crippen molar-refractivity contribution in [3.05, 3.63) is 34.5 Å². The Balaban J connectivity index is 2.10. The van der Waals surface area contributed by atoms with Crippen LogP contribution in [0.15, 0.2) is 18.2 Å². The normalized spacial score (nSPS) is 11.4. The van der Waals surface area contributed by atoms with Gasteiger partial charge in [-0.1, -0.05) is 42.9 Å². The molecule has 0 radical (unpaired) electrons. The van der Waals surface area contributed by atoms with Gasteiger partial charge in [-0.2, -0.15) is 9.78 Å². The van der Waals surface area contributed by atoms with E-state index in [0.29, 0.717) is 16.0 Å². The predicted molar refractivity (Wildman–Crippen MR) is 94.7 cm³/mol. The maximum absolute atomic E-state index is 12.0. The number of halogens is 1. The molecule has 5 nitrogen and oxygen atoms in total. The van der Waals surface area contributed by atoms with Crippen LogP contribution in [0.3, 0.4) is 0 Å². The number of carbonyl (C=O) groups excluding carboxylic acids is 1. The molecular weight excluding hydrogens is 332 g/mol. The third kappa shape index (κ3) is 2.96. The van der Waals surface area contributed by atoms with Crippen LogP contribution in [0.2, 0.25) is 5.02 Å². The van der Waals surface area contributed by atoms with Crippen LogP contribution >= 0.6 is 22.9 Å². The summed E-state index contributed by atoms with van der Waals surface area (Å²) in [6.07, 6.45) is 0. The Hall–Kier alpha value is -1.92. The van der Waals surface area contributed by atoms with Gasteiger partial charge in [0.15, 0.2) is 0 Å². The van der Waals surface area contributed by atoms with E-state index >= 15 is 0 Å². The highest BCUT2D eigenvalue weighted by atomic mass is 35.5. The number of hydrogen-bond donors (Lipinski definition) is 1. The number of aryl methyl sites for hydroxylation is 2. The number of benzene rings is 1. The second-order valence-electron chi connectivity index (χ2n) is 5.77. The number of thiazole rings is 1. The van der Waals surface area contributed by atoms with Crippen LogP contribution in [0.1, 0.15) is 25.1 Å². The molecule has 23 heavy (non-hydrogen) atoms. The first-order valence-electron chi connectivity index (χ1n) is 7.30. The maximum atomic E-state index is 12.0. The van der Waals surface area contributed by atoms with E-state index in [1.807, 2.05) is 45.9 Å². The lowest BCUT2D eigenvalue weighted by molar-refractivity contribution is -0.118. The zero-order valence-corrected chi connectivity index (χ0v) is 14.9. The molecule has 1 amide bonds. The molecule has 0 fully saturated rings. The molecule has 0 aliphatic heterocycles. The molecule has 3 aromatic rings. The monoisotopic (exact) mass is 348 g/mol. The summed E-state index contributed by atoms with van der Waals surface area (Å²) < 4.78 is 2.59. The molecule has 0 unspecified atom stereocenters. The molecule has 0 bridgehead atoms. The van der Waals surface area contributed by atoms with Crippen molar-refractivity contribution < 1.29 is 4.79 Å². The SMILES string of the molecule is Cc1cc(NC(=O)C(C)C)n(-c2nc3c(C)ccc(Cl)c3s2)n1. The minimum absolute atomic E-state index is 0.0542. The van der Waals surface area contributed by atoms with Gasteiger partial charge in [0.1, 0.15) is 5.82 Å². The summed E-state index contributed by atoms with van der Waals surface area (Å²) in [5.74, 6) is 0.459. The van der Waals surface area contributed by atoms with Gasteiger partial charge in [0, 0.05) is 12.0 Å². The number of nitrogens with one attached hydrogen (secondary N) is 1. The van der Waals surface area contributed by atoms with Crippen molar-refractivity contribution in [1.82, 2.24) is 14.8 Å². The molecule has 2 aromatic heterocycles. The van der Waals surface area contributed by atoms with Crippen LogP contribution in [-0.4, -0.2) is 20.7 Å². The van der Waals surface area contributed by atoms with Crippen LogP contribution in [0, 0.1) is 19.8 Å². The first kappa shape index (κ1) is 16.0. The van der Waals surface area contributed by atoms with Crippen LogP contribution in [0.25, 0.3) is 15.3 Å². The second-order valence-corrected chi connectivity index (χ2v) is 7.15. The van der Waals surface area contributed by atoms with E-state index in [1.165, 1.54) is 11.3 Å². The van der Waals surface area contributed by atoms with Crippen molar-refractivity contribution in [1.29, 1.82) is 0 Å². The second kappa shape index (κ2) is 5.94. The number of aromatic nitrogens is 3. The lowest BCUT2D eigenvalue weighted by Crippen LogP contribution is -2.19. The molecule has 120 valence electrons. The molecule has 1 N–H and O–H groups in total.